The summed E-state index contributed by atoms with van der Waals surface area (Å²) in [6, 6.07) is 8.03. The van der Waals surface area contributed by atoms with Crippen molar-refractivity contribution in [1.29, 1.82) is 5.53 Å². The van der Waals surface area contributed by atoms with Gasteiger partial charge < -0.3 is 10.4 Å². The zero-order valence-electron chi connectivity index (χ0n) is 15.3. The number of aromatic carboxylic acids is 1. The van der Waals surface area contributed by atoms with Gasteiger partial charge in [-0.25, -0.2) is 10.3 Å². The van der Waals surface area contributed by atoms with E-state index in [1.54, 1.807) is 43.5 Å². The number of carbonyl (C=O) groups excluding carboxylic acids is 1. The van der Waals surface area contributed by atoms with Crippen molar-refractivity contribution in [2.75, 3.05) is 5.32 Å². The number of aryl methyl sites for hydroxylation is 2. The van der Waals surface area contributed by atoms with Crippen LogP contribution in [0.25, 0.3) is 11.1 Å². The van der Waals surface area contributed by atoms with Crippen molar-refractivity contribution in [2.24, 2.45) is 5.11 Å². The van der Waals surface area contributed by atoms with Crippen molar-refractivity contribution in [3.63, 3.8) is 0 Å². The third-order valence-electron chi connectivity index (χ3n) is 4.38. The van der Waals surface area contributed by atoms with E-state index in [0.717, 1.165) is 22.5 Å². The van der Waals surface area contributed by atoms with Crippen LogP contribution in [0.15, 0.2) is 40.8 Å². The number of hydrogen-bond acceptors (Lipinski definition) is 5. The van der Waals surface area contributed by atoms with E-state index in [1.807, 2.05) is 0 Å². The first kappa shape index (κ1) is 21.0. The molecule has 0 spiro atoms. The molecule has 0 aliphatic heterocycles. The number of nitrogens with one attached hydrogen (secondary N) is 2. The Morgan fingerprint density at radius 3 is 2.41 bits per heavy atom. The minimum absolute atomic E-state index is 0.0256. The maximum atomic E-state index is 12.6. The SMILES string of the molecule is Cc1ccc(C(=O)Nc2scc(-c3cc(Cl)c(Cl)cc3C)c2C(=O)O)cc1N=N. The molecule has 3 aromatic rings. The molecule has 0 saturated heterocycles. The van der Waals surface area contributed by atoms with Crippen molar-refractivity contribution < 1.29 is 14.7 Å². The van der Waals surface area contributed by atoms with Gasteiger partial charge in [-0.3, -0.25) is 4.79 Å². The van der Waals surface area contributed by atoms with E-state index >= 15 is 0 Å². The lowest BCUT2D eigenvalue weighted by Crippen LogP contribution is -2.13. The molecular weight excluding hydrogens is 433 g/mol. The Morgan fingerprint density at radius 2 is 1.76 bits per heavy atom. The highest BCUT2D eigenvalue weighted by Crippen LogP contribution is 2.40. The summed E-state index contributed by atoms with van der Waals surface area (Å²) >= 11 is 13.2. The summed E-state index contributed by atoms with van der Waals surface area (Å²) in [5.74, 6) is -1.66. The third-order valence-corrected chi connectivity index (χ3v) is 6.00. The highest BCUT2D eigenvalue weighted by Gasteiger charge is 2.23. The van der Waals surface area contributed by atoms with E-state index < -0.39 is 11.9 Å². The summed E-state index contributed by atoms with van der Waals surface area (Å²) in [4.78, 5) is 24.6. The van der Waals surface area contributed by atoms with Crippen LogP contribution in [0.3, 0.4) is 0 Å². The van der Waals surface area contributed by atoms with Crippen LogP contribution in [0.1, 0.15) is 31.8 Å². The number of rotatable bonds is 5. The normalized spacial score (nSPS) is 10.6. The van der Waals surface area contributed by atoms with E-state index in [2.05, 4.69) is 10.4 Å². The highest BCUT2D eigenvalue weighted by molar-refractivity contribution is 7.15. The molecule has 29 heavy (non-hydrogen) atoms. The van der Waals surface area contributed by atoms with Gasteiger partial charge in [-0.2, -0.15) is 5.11 Å². The molecule has 0 bridgehead atoms. The van der Waals surface area contributed by atoms with Gasteiger partial charge in [0.05, 0.1) is 15.7 Å². The molecule has 3 N–H and O–H groups in total. The van der Waals surface area contributed by atoms with Crippen LogP contribution in [0, 0.1) is 19.4 Å². The number of thiophene rings is 1. The molecule has 0 aliphatic carbocycles. The molecule has 0 unspecified atom stereocenters. The number of amides is 1. The number of carboxylic acid groups (broad SMARTS) is 1. The van der Waals surface area contributed by atoms with Crippen molar-refractivity contribution in [3.05, 3.63) is 68.0 Å². The van der Waals surface area contributed by atoms with Crippen LogP contribution in [0.4, 0.5) is 10.7 Å². The number of carboxylic acids is 1. The molecule has 3 rings (SSSR count). The fourth-order valence-corrected chi connectivity index (χ4v) is 4.17. The quantitative estimate of drug-likeness (QED) is 0.368. The molecule has 0 radical (unpaired) electrons. The first-order valence-corrected chi connectivity index (χ1v) is 9.96. The third kappa shape index (κ3) is 4.17. The summed E-state index contributed by atoms with van der Waals surface area (Å²) in [6.07, 6.45) is 0. The molecule has 1 heterocycles. The Kier molecular flexibility index (Phi) is 6.02. The van der Waals surface area contributed by atoms with E-state index in [4.69, 9.17) is 28.7 Å². The van der Waals surface area contributed by atoms with E-state index in [1.165, 1.54) is 6.07 Å². The molecule has 0 atom stereocenters. The van der Waals surface area contributed by atoms with Crippen LogP contribution in [-0.4, -0.2) is 17.0 Å². The number of halogens is 2. The molecule has 1 aromatic heterocycles. The van der Waals surface area contributed by atoms with Crippen molar-refractivity contribution >= 4 is 57.1 Å². The number of carbonyl (C=O) groups is 2. The molecule has 0 fully saturated rings. The Bertz CT molecular complexity index is 1160. The Morgan fingerprint density at radius 1 is 1.07 bits per heavy atom. The van der Waals surface area contributed by atoms with Crippen LogP contribution in [0.5, 0.6) is 0 Å². The number of benzene rings is 2. The minimum Gasteiger partial charge on any atom is -0.478 e. The zero-order chi connectivity index (χ0) is 21.3. The molecular formula is C20H15Cl2N3O3S. The lowest BCUT2D eigenvalue weighted by atomic mass is 9.99. The van der Waals surface area contributed by atoms with Gasteiger partial charge >= 0.3 is 5.97 Å². The van der Waals surface area contributed by atoms with Crippen LogP contribution in [0.2, 0.25) is 10.0 Å². The Labute approximate surface area is 180 Å². The second-order valence-corrected chi connectivity index (χ2v) is 8.00. The molecule has 2 aromatic carbocycles. The summed E-state index contributed by atoms with van der Waals surface area (Å²) in [7, 11) is 0. The number of anilines is 1. The zero-order valence-corrected chi connectivity index (χ0v) is 17.7. The van der Waals surface area contributed by atoms with Gasteiger partial charge in [-0.1, -0.05) is 29.3 Å². The molecule has 0 saturated carbocycles. The molecule has 1 amide bonds. The molecule has 9 heteroatoms. The van der Waals surface area contributed by atoms with E-state index in [-0.39, 0.29) is 16.1 Å². The minimum atomic E-state index is -1.17. The van der Waals surface area contributed by atoms with Gasteiger partial charge in [0.15, 0.2) is 0 Å². The Hall–Kier alpha value is -2.74. The van der Waals surface area contributed by atoms with Gasteiger partial charge in [0.2, 0.25) is 0 Å². The largest absolute Gasteiger partial charge is 0.478 e. The monoisotopic (exact) mass is 447 g/mol. The summed E-state index contributed by atoms with van der Waals surface area (Å²) in [5, 5.41) is 18.4. The summed E-state index contributed by atoms with van der Waals surface area (Å²) in [5.41, 5.74) is 10.4. The summed E-state index contributed by atoms with van der Waals surface area (Å²) in [6.45, 7) is 3.58. The highest BCUT2D eigenvalue weighted by atomic mass is 35.5. The molecule has 0 aliphatic rings. The second kappa shape index (κ2) is 8.32. The lowest BCUT2D eigenvalue weighted by molar-refractivity contribution is 0.0699. The summed E-state index contributed by atoms with van der Waals surface area (Å²) < 4.78 is 0. The van der Waals surface area contributed by atoms with Crippen LogP contribution in [-0.2, 0) is 0 Å². The van der Waals surface area contributed by atoms with Gasteiger partial charge in [0.1, 0.15) is 10.6 Å². The fourth-order valence-electron chi connectivity index (χ4n) is 2.84. The maximum absolute atomic E-state index is 12.6. The fraction of sp³-hybridized carbons (Fsp3) is 0.100. The van der Waals surface area contributed by atoms with Gasteiger partial charge in [-0.15, -0.1) is 11.3 Å². The van der Waals surface area contributed by atoms with Crippen molar-refractivity contribution in [3.8, 4) is 11.1 Å². The first-order valence-electron chi connectivity index (χ1n) is 8.33. The first-order chi connectivity index (χ1) is 13.7. The van der Waals surface area contributed by atoms with E-state index in [9.17, 15) is 14.7 Å². The Balaban J connectivity index is 2.02. The van der Waals surface area contributed by atoms with Gasteiger partial charge in [-0.05, 0) is 54.8 Å². The topological polar surface area (TPSA) is 103 Å². The number of hydrogen-bond donors (Lipinski definition) is 3. The van der Waals surface area contributed by atoms with Crippen molar-refractivity contribution in [1.82, 2.24) is 0 Å². The second-order valence-electron chi connectivity index (χ2n) is 6.31. The predicted octanol–water partition coefficient (Wildman–Crippen LogP) is 6.95. The standard InChI is InChI=1S/C20H15Cl2N3O3S/c1-9-3-4-11(6-16(9)25-23)18(26)24-19-17(20(27)28)13(8-29-19)12-7-15(22)14(21)5-10(12)2/h3-8,23H,1-2H3,(H,24,26)(H,27,28). The average molecular weight is 448 g/mol. The lowest BCUT2D eigenvalue weighted by Gasteiger charge is -2.10. The number of nitrogens with zero attached hydrogens (tertiary/aromatic N) is 1. The van der Waals surface area contributed by atoms with Crippen LogP contribution < -0.4 is 5.32 Å². The smallest absolute Gasteiger partial charge is 0.339 e. The molecule has 6 nitrogen and oxygen atoms in total. The van der Waals surface area contributed by atoms with Gasteiger partial charge in [0.25, 0.3) is 5.91 Å². The average Bonchev–Trinajstić information content (AvgIpc) is 3.08. The van der Waals surface area contributed by atoms with E-state index in [0.29, 0.717) is 26.9 Å². The predicted molar refractivity (Wildman–Crippen MR) is 115 cm³/mol. The maximum Gasteiger partial charge on any atom is 0.339 e. The van der Waals surface area contributed by atoms with Crippen molar-refractivity contribution in [2.45, 2.75) is 13.8 Å². The van der Waals surface area contributed by atoms with Gasteiger partial charge in [0, 0.05) is 16.5 Å². The van der Waals surface area contributed by atoms with Crippen LogP contribution >= 0.6 is 34.5 Å². The molecule has 148 valence electrons.